The van der Waals surface area contributed by atoms with Crippen LogP contribution in [0.3, 0.4) is 0 Å². The lowest BCUT2D eigenvalue weighted by molar-refractivity contribution is -0.0468. The number of methoxy groups -OCH3 is 1. The number of halogens is 1. The topological polar surface area (TPSA) is 111 Å². The Hall–Kier alpha value is -2.59. The molecule has 28 heavy (non-hydrogen) atoms. The van der Waals surface area contributed by atoms with Gasteiger partial charge in [0.15, 0.2) is 23.2 Å². The van der Waals surface area contributed by atoms with Crippen molar-refractivity contribution >= 4 is 34.5 Å². The van der Waals surface area contributed by atoms with Crippen LogP contribution in [-0.4, -0.2) is 61.8 Å². The number of hydrogen-bond donors (Lipinski definition) is 2. The van der Waals surface area contributed by atoms with Crippen LogP contribution in [0.2, 0.25) is 0 Å². The summed E-state index contributed by atoms with van der Waals surface area (Å²) in [4.78, 5) is 25.2. The zero-order chi connectivity index (χ0) is 19.7. The van der Waals surface area contributed by atoms with Crippen LogP contribution >= 0.6 is 11.6 Å². The molecule has 0 unspecified atom stereocenters. The smallest absolute Gasteiger partial charge is 0.256 e. The number of imidazole rings is 1. The first-order chi connectivity index (χ1) is 13.6. The highest BCUT2D eigenvalue weighted by atomic mass is 35.5. The molecule has 1 saturated heterocycles. The highest BCUT2D eigenvalue weighted by molar-refractivity contribution is 6.18. The quantitative estimate of drug-likeness (QED) is 0.622. The number of alkyl halides is 1. The number of hydrogen-bond acceptors (Lipinski definition) is 7. The Morgan fingerprint density at radius 3 is 2.82 bits per heavy atom. The fourth-order valence-corrected chi connectivity index (χ4v) is 3.48. The number of aliphatic hydroxyl groups excluding tert-OH is 1. The van der Waals surface area contributed by atoms with Gasteiger partial charge in [0.2, 0.25) is 0 Å². The van der Waals surface area contributed by atoms with Gasteiger partial charge < -0.3 is 19.9 Å². The van der Waals surface area contributed by atoms with E-state index < -0.39 is 24.5 Å². The van der Waals surface area contributed by atoms with E-state index in [4.69, 9.17) is 21.1 Å². The molecule has 0 radical (unpaired) electrons. The molecule has 0 bridgehead atoms. The minimum atomic E-state index is -0.885. The first-order valence-electron chi connectivity index (χ1n) is 8.60. The molecular weight excluding hydrogens is 386 g/mol. The number of carbonyl (C=O) groups excluding carboxylic acids is 1. The lowest BCUT2D eigenvalue weighted by atomic mass is 10.1. The third-order valence-corrected chi connectivity index (χ3v) is 4.94. The van der Waals surface area contributed by atoms with Crippen LogP contribution in [0.5, 0.6) is 0 Å². The second-order valence-corrected chi connectivity index (χ2v) is 6.59. The summed E-state index contributed by atoms with van der Waals surface area (Å²) >= 11 is 5.87. The second kappa shape index (κ2) is 7.80. The summed E-state index contributed by atoms with van der Waals surface area (Å²) in [6.07, 6.45) is 0.0715. The van der Waals surface area contributed by atoms with E-state index in [1.165, 1.54) is 19.8 Å². The summed E-state index contributed by atoms with van der Waals surface area (Å²) in [5.74, 6) is 0.0935. The molecule has 0 spiro atoms. The molecule has 1 aromatic carbocycles. The zero-order valence-electron chi connectivity index (χ0n) is 14.9. The number of ether oxygens (including phenoxy) is 2. The van der Waals surface area contributed by atoms with Crippen LogP contribution < -0.4 is 5.32 Å². The molecule has 1 fully saturated rings. The van der Waals surface area contributed by atoms with Crippen molar-refractivity contribution in [2.75, 3.05) is 18.3 Å². The molecule has 1 aliphatic rings. The van der Waals surface area contributed by atoms with Crippen molar-refractivity contribution in [3.63, 3.8) is 0 Å². The summed E-state index contributed by atoms with van der Waals surface area (Å²) in [6, 6.07) is 8.79. The monoisotopic (exact) mass is 403 g/mol. The van der Waals surface area contributed by atoms with E-state index in [0.717, 1.165) is 0 Å². The van der Waals surface area contributed by atoms with Gasteiger partial charge in [-0.2, -0.15) is 0 Å². The highest BCUT2D eigenvalue weighted by Gasteiger charge is 2.45. The summed E-state index contributed by atoms with van der Waals surface area (Å²) in [7, 11) is 1.49. The van der Waals surface area contributed by atoms with E-state index in [-0.39, 0.29) is 17.6 Å². The summed E-state index contributed by atoms with van der Waals surface area (Å²) < 4.78 is 12.9. The molecule has 3 heterocycles. The summed E-state index contributed by atoms with van der Waals surface area (Å²) in [6.45, 7) is 0. The van der Waals surface area contributed by atoms with Gasteiger partial charge in [0, 0.05) is 12.7 Å². The van der Waals surface area contributed by atoms with Crippen molar-refractivity contribution in [1.29, 1.82) is 0 Å². The van der Waals surface area contributed by atoms with Crippen molar-refractivity contribution in [1.82, 2.24) is 19.5 Å². The Labute approximate surface area is 165 Å². The molecule has 2 aromatic heterocycles. The van der Waals surface area contributed by atoms with Gasteiger partial charge >= 0.3 is 0 Å². The first-order valence-corrected chi connectivity index (χ1v) is 9.13. The number of anilines is 1. The van der Waals surface area contributed by atoms with Gasteiger partial charge in [-0.1, -0.05) is 18.2 Å². The maximum absolute atomic E-state index is 12.4. The average Bonchev–Trinajstić information content (AvgIpc) is 3.29. The zero-order valence-corrected chi connectivity index (χ0v) is 15.7. The van der Waals surface area contributed by atoms with E-state index in [9.17, 15) is 9.90 Å². The van der Waals surface area contributed by atoms with Crippen LogP contribution in [0, 0.1) is 0 Å². The Balaban J connectivity index is 1.66. The van der Waals surface area contributed by atoms with Gasteiger partial charge in [-0.05, 0) is 12.1 Å². The molecule has 1 amide bonds. The first kappa shape index (κ1) is 18.8. The standard InChI is InChI=1S/C18H18ClN5O4/c1-27-14-13(25)11(7-19)28-18(14)24-9-22-12-15(20-8-21-16(12)24)23-17(26)10-5-3-2-4-6-10/h2-6,8-9,11,13-14,18,25H,7H2,1H3,(H,20,21,23,26)/t11-,13-,14-,18-/m1/s1. The van der Waals surface area contributed by atoms with Gasteiger partial charge in [-0.25, -0.2) is 15.0 Å². The summed E-state index contributed by atoms with van der Waals surface area (Å²) in [5, 5.41) is 13.1. The van der Waals surface area contributed by atoms with Crippen molar-refractivity contribution < 1.29 is 19.4 Å². The normalized spacial score (nSPS) is 24.5. The summed E-state index contributed by atoms with van der Waals surface area (Å²) in [5.41, 5.74) is 1.34. The number of nitrogens with one attached hydrogen (secondary N) is 1. The predicted octanol–water partition coefficient (Wildman–Crippen LogP) is 1.59. The third-order valence-electron chi connectivity index (χ3n) is 4.64. The number of fused-ring (bicyclic) bond motifs is 1. The van der Waals surface area contributed by atoms with E-state index in [2.05, 4.69) is 20.3 Å². The Kier molecular flexibility index (Phi) is 5.23. The SMILES string of the molecule is CO[C@@H]1[C@H](O)[C@@H](CCl)O[C@H]1n1cnc2c(NC(=O)c3ccccc3)ncnc21. The number of rotatable bonds is 5. The lowest BCUT2D eigenvalue weighted by Crippen LogP contribution is -2.33. The van der Waals surface area contributed by atoms with E-state index in [1.54, 1.807) is 28.8 Å². The predicted molar refractivity (Wildman–Crippen MR) is 101 cm³/mol. The van der Waals surface area contributed by atoms with Gasteiger partial charge in [0.1, 0.15) is 24.6 Å². The molecule has 2 N–H and O–H groups in total. The van der Waals surface area contributed by atoms with Crippen molar-refractivity contribution in [2.24, 2.45) is 0 Å². The van der Waals surface area contributed by atoms with Crippen LogP contribution in [0.4, 0.5) is 5.82 Å². The molecule has 3 aromatic rings. The molecule has 9 nitrogen and oxygen atoms in total. The van der Waals surface area contributed by atoms with Gasteiger partial charge in [0.25, 0.3) is 5.91 Å². The Morgan fingerprint density at radius 2 is 2.11 bits per heavy atom. The molecule has 4 rings (SSSR count). The lowest BCUT2D eigenvalue weighted by Gasteiger charge is -2.19. The fraction of sp³-hybridized carbons (Fsp3) is 0.333. The molecule has 146 valence electrons. The van der Waals surface area contributed by atoms with Crippen molar-refractivity contribution in [3.8, 4) is 0 Å². The van der Waals surface area contributed by atoms with E-state index in [1.807, 2.05) is 6.07 Å². The second-order valence-electron chi connectivity index (χ2n) is 6.28. The molecular formula is C18H18ClN5O4. The average molecular weight is 404 g/mol. The molecule has 0 saturated carbocycles. The number of carbonyl (C=O) groups is 1. The number of aliphatic hydroxyl groups is 1. The molecule has 0 aliphatic carbocycles. The minimum absolute atomic E-state index is 0.123. The third kappa shape index (κ3) is 3.22. The molecule has 10 heteroatoms. The van der Waals surface area contributed by atoms with Crippen LogP contribution in [0.15, 0.2) is 43.0 Å². The Bertz CT molecular complexity index is 983. The highest BCUT2D eigenvalue weighted by Crippen LogP contribution is 2.34. The van der Waals surface area contributed by atoms with Crippen molar-refractivity contribution in [2.45, 2.75) is 24.5 Å². The maximum atomic E-state index is 12.4. The largest absolute Gasteiger partial charge is 0.387 e. The van der Waals surface area contributed by atoms with Crippen LogP contribution in [-0.2, 0) is 9.47 Å². The van der Waals surface area contributed by atoms with Gasteiger partial charge in [0.05, 0.1) is 12.2 Å². The number of amides is 1. The minimum Gasteiger partial charge on any atom is -0.387 e. The number of aromatic nitrogens is 4. The fourth-order valence-electron chi connectivity index (χ4n) is 3.22. The van der Waals surface area contributed by atoms with Gasteiger partial charge in [-0.3, -0.25) is 9.36 Å². The van der Waals surface area contributed by atoms with Crippen molar-refractivity contribution in [3.05, 3.63) is 48.5 Å². The van der Waals surface area contributed by atoms with Gasteiger partial charge in [-0.15, -0.1) is 11.6 Å². The Morgan fingerprint density at radius 1 is 1.32 bits per heavy atom. The number of nitrogens with zero attached hydrogens (tertiary/aromatic N) is 4. The van der Waals surface area contributed by atoms with Crippen LogP contribution in [0.25, 0.3) is 11.2 Å². The molecule has 4 atom stereocenters. The van der Waals surface area contributed by atoms with E-state index >= 15 is 0 Å². The molecule has 1 aliphatic heterocycles. The maximum Gasteiger partial charge on any atom is 0.256 e. The number of benzene rings is 1. The van der Waals surface area contributed by atoms with E-state index in [0.29, 0.717) is 16.7 Å². The van der Waals surface area contributed by atoms with Crippen LogP contribution in [0.1, 0.15) is 16.6 Å².